The van der Waals surface area contributed by atoms with Crippen LogP contribution >= 0.6 is 34.0 Å². The number of hydrogen-bond acceptors (Lipinski definition) is 6. The monoisotopic (exact) mass is 305 g/mol. The quantitative estimate of drug-likeness (QED) is 0.561. The molecule has 3 aromatic rings. The molecule has 19 heavy (non-hydrogen) atoms. The minimum absolute atomic E-state index is 0.814. The molecule has 0 radical (unpaired) electrons. The van der Waals surface area contributed by atoms with E-state index in [-0.39, 0.29) is 0 Å². The van der Waals surface area contributed by atoms with E-state index in [9.17, 15) is 0 Å². The van der Waals surface area contributed by atoms with Crippen molar-refractivity contribution in [2.24, 2.45) is 5.10 Å². The van der Waals surface area contributed by atoms with Gasteiger partial charge in [-0.25, -0.2) is 4.98 Å². The Morgan fingerprint density at radius 2 is 2.16 bits per heavy atom. The smallest absolute Gasteiger partial charge is 0.203 e. The van der Waals surface area contributed by atoms with Crippen LogP contribution in [0.3, 0.4) is 0 Å². The summed E-state index contributed by atoms with van der Waals surface area (Å²) in [6, 6.07) is 6.19. The molecule has 96 valence electrons. The van der Waals surface area contributed by atoms with E-state index < -0.39 is 0 Å². The SMILES string of the molecule is Cc1ccsc1/C=N\Nc1nc(-c2cccs2)cs1. The van der Waals surface area contributed by atoms with Crippen LogP contribution in [-0.2, 0) is 0 Å². The van der Waals surface area contributed by atoms with Crippen molar-refractivity contribution in [3.05, 3.63) is 44.8 Å². The maximum atomic E-state index is 4.50. The Labute approximate surface area is 123 Å². The molecule has 3 rings (SSSR count). The van der Waals surface area contributed by atoms with Gasteiger partial charge in [0.05, 0.1) is 16.8 Å². The average molecular weight is 305 g/mol. The van der Waals surface area contributed by atoms with E-state index in [1.807, 2.05) is 17.7 Å². The normalized spacial score (nSPS) is 11.2. The molecule has 0 saturated carbocycles. The number of hydrazone groups is 1. The molecule has 3 heterocycles. The number of rotatable bonds is 4. The van der Waals surface area contributed by atoms with Crippen LogP contribution in [0.1, 0.15) is 10.4 Å². The lowest BCUT2D eigenvalue weighted by molar-refractivity contribution is 1.29. The maximum Gasteiger partial charge on any atom is 0.203 e. The van der Waals surface area contributed by atoms with E-state index >= 15 is 0 Å². The predicted octanol–water partition coefficient (Wildman–Crippen LogP) is 4.69. The first-order valence-electron chi connectivity index (χ1n) is 5.65. The minimum atomic E-state index is 0.814. The molecule has 0 aliphatic rings. The van der Waals surface area contributed by atoms with Crippen LogP contribution in [0.25, 0.3) is 10.6 Å². The third-order valence-corrected chi connectivity index (χ3v) is 5.11. The van der Waals surface area contributed by atoms with Gasteiger partial charge in [-0.3, -0.25) is 5.43 Å². The van der Waals surface area contributed by atoms with Crippen molar-refractivity contribution in [2.45, 2.75) is 6.92 Å². The molecule has 3 nitrogen and oxygen atoms in total. The largest absolute Gasteiger partial charge is 0.253 e. The van der Waals surface area contributed by atoms with Gasteiger partial charge in [-0.15, -0.1) is 34.0 Å². The number of aromatic nitrogens is 1. The second kappa shape index (κ2) is 5.64. The lowest BCUT2D eigenvalue weighted by Crippen LogP contribution is -1.89. The van der Waals surface area contributed by atoms with Gasteiger partial charge in [-0.1, -0.05) is 6.07 Å². The lowest BCUT2D eigenvalue weighted by Gasteiger charge is -1.93. The number of nitrogens with zero attached hydrogens (tertiary/aromatic N) is 2. The highest BCUT2D eigenvalue weighted by Crippen LogP contribution is 2.28. The first kappa shape index (κ1) is 12.5. The van der Waals surface area contributed by atoms with Crippen molar-refractivity contribution in [1.29, 1.82) is 0 Å². The van der Waals surface area contributed by atoms with E-state index in [2.05, 4.69) is 45.3 Å². The zero-order valence-electron chi connectivity index (χ0n) is 10.2. The lowest BCUT2D eigenvalue weighted by atomic mass is 10.3. The molecule has 0 fully saturated rings. The third kappa shape index (κ3) is 2.91. The molecule has 0 saturated heterocycles. The van der Waals surface area contributed by atoms with E-state index in [4.69, 9.17) is 0 Å². The molecule has 0 atom stereocenters. The third-order valence-electron chi connectivity index (χ3n) is 2.52. The summed E-state index contributed by atoms with van der Waals surface area (Å²) in [6.07, 6.45) is 1.84. The summed E-state index contributed by atoms with van der Waals surface area (Å²) in [4.78, 5) is 6.85. The van der Waals surface area contributed by atoms with E-state index in [0.29, 0.717) is 0 Å². The van der Waals surface area contributed by atoms with Crippen molar-refractivity contribution >= 4 is 45.4 Å². The first-order chi connectivity index (χ1) is 9.33. The molecule has 0 amide bonds. The predicted molar refractivity (Wildman–Crippen MR) is 85.7 cm³/mol. The van der Waals surface area contributed by atoms with Crippen molar-refractivity contribution in [1.82, 2.24) is 4.98 Å². The van der Waals surface area contributed by atoms with Gasteiger partial charge in [-0.05, 0) is 35.4 Å². The summed E-state index contributed by atoms with van der Waals surface area (Å²) < 4.78 is 0. The van der Waals surface area contributed by atoms with Gasteiger partial charge in [0, 0.05) is 10.3 Å². The molecule has 0 spiro atoms. The Hall–Kier alpha value is -1.50. The number of nitrogens with one attached hydrogen (secondary N) is 1. The van der Waals surface area contributed by atoms with Gasteiger partial charge < -0.3 is 0 Å². The second-order valence-corrected chi connectivity index (χ2v) is 6.61. The molecule has 0 aliphatic carbocycles. The number of anilines is 1. The number of aryl methyl sites for hydroxylation is 1. The first-order valence-corrected chi connectivity index (χ1v) is 8.29. The summed E-state index contributed by atoms with van der Waals surface area (Å²) in [5, 5.41) is 11.2. The topological polar surface area (TPSA) is 37.3 Å². The van der Waals surface area contributed by atoms with Gasteiger partial charge in [0.1, 0.15) is 0 Å². The van der Waals surface area contributed by atoms with Crippen molar-refractivity contribution in [3.63, 3.8) is 0 Å². The molecule has 0 bridgehead atoms. The molecule has 0 unspecified atom stereocenters. The molecule has 0 aromatic carbocycles. The van der Waals surface area contributed by atoms with Gasteiger partial charge in [0.25, 0.3) is 0 Å². The Kier molecular flexibility index (Phi) is 3.72. The summed E-state index contributed by atoms with van der Waals surface area (Å²) in [6.45, 7) is 2.08. The van der Waals surface area contributed by atoms with Crippen molar-refractivity contribution < 1.29 is 0 Å². The van der Waals surface area contributed by atoms with Crippen LogP contribution in [0.2, 0.25) is 0 Å². The molecule has 6 heteroatoms. The van der Waals surface area contributed by atoms with Gasteiger partial charge in [-0.2, -0.15) is 5.10 Å². The highest BCUT2D eigenvalue weighted by Gasteiger charge is 2.04. The molecular weight excluding hydrogens is 294 g/mol. The van der Waals surface area contributed by atoms with Crippen LogP contribution in [0.15, 0.2) is 39.4 Å². The number of hydrogen-bond donors (Lipinski definition) is 1. The minimum Gasteiger partial charge on any atom is -0.253 e. The molecule has 0 aliphatic heterocycles. The van der Waals surface area contributed by atoms with Gasteiger partial charge in [0.2, 0.25) is 5.13 Å². The Morgan fingerprint density at radius 1 is 1.21 bits per heavy atom. The van der Waals surface area contributed by atoms with Crippen LogP contribution in [0.4, 0.5) is 5.13 Å². The van der Waals surface area contributed by atoms with Gasteiger partial charge >= 0.3 is 0 Å². The Bertz CT molecular complexity index is 680. The fourth-order valence-electron chi connectivity index (χ4n) is 1.53. The molecule has 1 N–H and O–H groups in total. The van der Waals surface area contributed by atoms with E-state index in [1.165, 1.54) is 15.3 Å². The fourth-order valence-corrected chi connectivity index (χ4v) is 3.73. The van der Waals surface area contributed by atoms with Crippen LogP contribution < -0.4 is 5.43 Å². The zero-order valence-corrected chi connectivity index (χ0v) is 12.6. The highest BCUT2D eigenvalue weighted by molar-refractivity contribution is 7.16. The van der Waals surface area contributed by atoms with Crippen LogP contribution in [-0.4, -0.2) is 11.2 Å². The Morgan fingerprint density at radius 3 is 2.89 bits per heavy atom. The summed E-state index contributed by atoms with van der Waals surface area (Å²) in [5.41, 5.74) is 5.23. The molecular formula is C13H11N3S3. The number of thiophene rings is 2. The second-order valence-electron chi connectivity index (χ2n) is 3.85. The highest BCUT2D eigenvalue weighted by atomic mass is 32.1. The van der Waals surface area contributed by atoms with Gasteiger partial charge in [0.15, 0.2) is 0 Å². The van der Waals surface area contributed by atoms with Crippen molar-refractivity contribution in [3.8, 4) is 10.6 Å². The summed E-state index contributed by atoms with van der Waals surface area (Å²) in [7, 11) is 0. The number of thiazole rings is 1. The van der Waals surface area contributed by atoms with Crippen LogP contribution in [0.5, 0.6) is 0 Å². The standard InChI is InChI=1S/C13H11N3S3/c1-9-4-6-18-12(9)7-14-16-13-15-10(8-19-13)11-3-2-5-17-11/h2-8H,1H3,(H,15,16)/b14-7-. The summed E-state index contributed by atoms with van der Waals surface area (Å²) in [5.74, 6) is 0. The average Bonchev–Trinajstić information content (AvgIpc) is 3.11. The Balaban J connectivity index is 1.68. The van der Waals surface area contributed by atoms with Crippen LogP contribution in [0, 0.1) is 6.92 Å². The van der Waals surface area contributed by atoms with E-state index in [0.717, 1.165) is 10.8 Å². The molecule has 3 aromatic heterocycles. The fraction of sp³-hybridized carbons (Fsp3) is 0.0769. The van der Waals surface area contributed by atoms with Crippen molar-refractivity contribution in [2.75, 3.05) is 5.43 Å². The van der Waals surface area contributed by atoms with E-state index in [1.54, 1.807) is 34.0 Å². The summed E-state index contributed by atoms with van der Waals surface area (Å²) >= 11 is 4.94. The zero-order chi connectivity index (χ0) is 13.1. The maximum absolute atomic E-state index is 4.50.